The second kappa shape index (κ2) is 10.2. The van der Waals surface area contributed by atoms with Crippen molar-refractivity contribution in [2.75, 3.05) is 26.9 Å². The second-order valence-electron chi connectivity index (χ2n) is 4.54. The fourth-order valence-corrected chi connectivity index (χ4v) is 1.71. The van der Waals surface area contributed by atoms with Gasteiger partial charge >= 0.3 is 11.9 Å². The summed E-state index contributed by atoms with van der Waals surface area (Å²) in [6, 6.07) is 6.32. The first-order valence-electron chi connectivity index (χ1n) is 7.42. The summed E-state index contributed by atoms with van der Waals surface area (Å²) in [5.74, 6) is -1.39. The molecule has 0 amide bonds. The van der Waals surface area contributed by atoms with Crippen molar-refractivity contribution in [3.8, 4) is 0 Å². The highest BCUT2D eigenvalue weighted by atomic mass is 16.5. The monoisotopic (exact) mass is 335 g/mol. The zero-order valence-electron chi connectivity index (χ0n) is 13.9. The number of aliphatic hydroxyl groups excluding tert-OH is 1. The van der Waals surface area contributed by atoms with Crippen molar-refractivity contribution in [3.05, 3.63) is 41.2 Å². The number of carbonyl (C=O) groups excluding carboxylic acids is 2. The van der Waals surface area contributed by atoms with E-state index in [1.54, 1.807) is 38.1 Å². The summed E-state index contributed by atoms with van der Waals surface area (Å²) in [4.78, 5) is 27.5. The van der Waals surface area contributed by atoms with Crippen LogP contribution in [-0.4, -0.2) is 50.2 Å². The molecule has 0 atom stereocenters. The predicted molar refractivity (Wildman–Crippen MR) is 88.7 cm³/mol. The summed E-state index contributed by atoms with van der Waals surface area (Å²) >= 11 is 0. The molecule has 0 aliphatic carbocycles. The van der Waals surface area contributed by atoms with Gasteiger partial charge in [0.1, 0.15) is 17.9 Å². The molecule has 7 nitrogen and oxygen atoms in total. The summed E-state index contributed by atoms with van der Waals surface area (Å²) in [5.41, 5.74) is 0.808. The highest BCUT2D eigenvalue weighted by Crippen LogP contribution is 2.15. The Morgan fingerprint density at radius 3 is 2.29 bits per heavy atom. The van der Waals surface area contributed by atoms with Crippen molar-refractivity contribution < 1.29 is 28.9 Å². The Labute approximate surface area is 140 Å². The van der Waals surface area contributed by atoms with Gasteiger partial charge in [0.2, 0.25) is 0 Å². The lowest BCUT2D eigenvalue weighted by atomic mass is 10.2. The summed E-state index contributed by atoms with van der Waals surface area (Å²) in [6.07, 6.45) is 1.20. The number of aliphatic imine (C=N–C) groups is 1. The molecular formula is C17H21NO6. The predicted octanol–water partition coefficient (Wildman–Crippen LogP) is 2.59. The van der Waals surface area contributed by atoms with E-state index in [-0.39, 0.29) is 24.5 Å². The van der Waals surface area contributed by atoms with Crippen LogP contribution in [0.1, 0.15) is 24.2 Å². The van der Waals surface area contributed by atoms with Crippen molar-refractivity contribution in [2.24, 2.45) is 4.99 Å². The number of rotatable bonds is 8. The molecular weight excluding hydrogens is 314 g/mol. The Bertz CT molecular complexity index is 618. The van der Waals surface area contributed by atoms with Crippen LogP contribution in [0.3, 0.4) is 0 Å². The molecule has 0 aliphatic heterocycles. The fourth-order valence-electron chi connectivity index (χ4n) is 1.71. The van der Waals surface area contributed by atoms with Crippen LogP contribution in [0.4, 0.5) is 5.69 Å². The van der Waals surface area contributed by atoms with E-state index >= 15 is 0 Å². The molecule has 130 valence electrons. The number of nitrogens with zero attached hydrogens (tertiary/aromatic N) is 1. The normalized spacial score (nSPS) is 12.0. The van der Waals surface area contributed by atoms with Crippen molar-refractivity contribution in [3.63, 3.8) is 0 Å². The topological polar surface area (TPSA) is 94.4 Å². The number of hydrogen-bond acceptors (Lipinski definition) is 7. The van der Waals surface area contributed by atoms with Crippen molar-refractivity contribution >= 4 is 23.8 Å². The van der Waals surface area contributed by atoms with E-state index in [2.05, 4.69) is 4.99 Å². The fraction of sp³-hybridized carbons (Fsp3) is 0.353. The summed E-state index contributed by atoms with van der Waals surface area (Å²) in [6.45, 7) is 3.72. The van der Waals surface area contributed by atoms with Gasteiger partial charge in [0.25, 0.3) is 0 Å². The van der Waals surface area contributed by atoms with E-state index in [0.717, 1.165) is 0 Å². The lowest BCUT2D eigenvalue weighted by molar-refractivity contribution is -0.138. The SMILES string of the molecule is CCOC(=O)/C(C=Nc1ccc(C(=O)OCC)cc1)=C(/O)COC. The summed E-state index contributed by atoms with van der Waals surface area (Å²) in [7, 11) is 1.39. The maximum atomic E-state index is 11.8. The molecule has 0 unspecified atom stereocenters. The zero-order chi connectivity index (χ0) is 17.9. The second-order valence-corrected chi connectivity index (χ2v) is 4.54. The van der Waals surface area contributed by atoms with Crippen molar-refractivity contribution in [2.45, 2.75) is 13.8 Å². The minimum Gasteiger partial charge on any atom is -0.509 e. The first kappa shape index (κ1) is 19.4. The quantitative estimate of drug-likeness (QED) is 0.340. The Balaban J connectivity index is 2.95. The lowest BCUT2D eigenvalue weighted by Gasteiger charge is -2.06. The van der Waals surface area contributed by atoms with Crippen LogP contribution < -0.4 is 0 Å². The molecule has 0 spiro atoms. The largest absolute Gasteiger partial charge is 0.509 e. The molecule has 1 aromatic carbocycles. The van der Waals surface area contributed by atoms with E-state index in [0.29, 0.717) is 17.9 Å². The van der Waals surface area contributed by atoms with Crippen LogP contribution in [0, 0.1) is 0 Å². The van der Waals surface area contributed by atoms with Crippen molar-refractivity contribution in [1.82, 2.24) is 0 Å². The Morgan fingerprint density at radius 2 is 1.75 bits per heavy atom. The van der Waals surface area contributed by atoms with E-state index in [1.165, 1.54) is 13.3 Å². The Hall–Kier alpha value is -2.67. The van der Waals surface area contributed by atoms with Crippen LogP contribution in [-0.2, 0) is 19.0 Å². The third-order valence-corrected chi connectivity index (χ3v) is 2.81. The van der Waals surface area contributed by atoms with Gasteiger partial charge in [-0.25, -0.2) is 9.59 Å². The number of ether oxygens (including phenoxy) is 3. The Morgan fingerprint density at radius 1 is 1.12 bits per heavy atom. The molecule has 1 rings (SSSR count). The average Bonchev–Trinajstić information content (AvgIpc) is 2.56. The highest BCUT2D eigenvalue weighted by Gasteiger charge is 2.14. The van der Waals surface area contributed by atoms with Gasteiger partial charge < -0.3 is 19.3 Å². The van der Waals surface area contributed by atoms with Crippen LogP contribution in [0.15, 0.2) is 40.6 Å². The molecule has 0 bridgehead atoms. The van der Waals surface area contributed by atoms with E-state index in [9.17, 15) is 14.7 Å². The molecule has 24 heavy (non-hydrogen) atoms. The summed E-state index contributed by atoms with van der Waals surface area (Å²) in [5, 5.41) is 9.86. The third-order valence-electron chi connectivity index (χ3n) is 2.81. The molecule has 0 saturated carbocycles. The third kappa shape index (κ3) is 5.85. The number of aliphatic hydroxyl groups is 1. The molecule has 7 heteroatoms. The van der Waals surface area contributed by atoms with Crippen LogP contribution >= 0.6 is 0 Å². The Kier molecular flexibility index (Phi) is 8.21. The van der Waals surface area contributed by atoms with E-state index in [1.807, 2.05) is 0 Å². The number of esters is 2. The number of methoxy groups -OCH3 is 1. The van der Waals surface area contributed by atoms with Gasteiger partial charge in [-0.15, -0.1) is 0 Å². The van der Waals surface area contributed by atoms with E-state index < -0.39 is 11.9 Å². The molecule has 0 aliphatic rings. The molecule has 0 heterocycles. The summed E-state index contributed by atoms with van der Waals surface area (Å²) < 4.78 is 14.6. The van der Waals surface area contributed by atoms with Crippen LogP contribution in [0.2, 0.25) is 0 Å². The standard InChI is InChI=1S/C17H21NO6/c1-4-23-16(20)12-6-8-13(9-7-12)18-10-14(15(19)11-22-3)17(21)24-5-2/h6-10,19H,4-5,11H2,1-3H3/b15-14+,18-10?. The van der Waals surface area contributed by atoms with Crippen LogP contribution in [0.5, 0.6) is 0 Å². The number of carbonyl (C=O) groups is 2. The maximum absolute atomic E-state index is 11.8. The van der Waals surface area contributed by atoms with Crippen LogP contribution in [0.25, 0.3) is 0 Å². The van der Waals surface area contributed by atoms with Gasteiger partial charge in [-0.1, -0.05) is 0 Å². The van der Waals surface area contributed by atoms with Gasteiger partial charge in [0.15, 0.2) is 0 Å². The van der Waals surface area contributed by atoms with Gasteiger partial charge in [-0.3, -0.25) is 4.99 Å². The maximum Gasteiger partial charge on any atom is 0.343 e. The van der Waals surface area contributed by atoms with E-state index in [4.69, 9.17) is 14.2 Å². The highest BCUT2D eigenvalue weighted by molar-refractivity contribution is 6.10. The molecule has 0 aromatic heterocycles. The lowest BCUT2D eigenvalue weighted by Crippen LogP contribution is -2.13. The first-order valence-corrected chi connectivity index (χ1v) is 7.42. The molecule has 0 radical (unpaired) electrons. The van der Waals surface area contributed by atoms with Crippen molar-refractivity contribution in [1.29, 1.82) is 0 Å². The number of benzene rings is 1. The van der Waals surface area contributed by atoms with Gasteiger partial charge in [0, 0.05) is 13.3 Å². The van der Waals surface area contributed by atoms with Gasteiger partial charge in [-0.2, -0.15) is 0 Å². The van der Waals surface area contributed by atoms with Gasteiger partial charge in [0.05, 0.1) is 24.5 Å². The average molecular weight is 335 g/mol. The zero-order valence-corrected chi connectivity index (χ0v) is 13.9. The van der Waals surface area contributed by atoms with Gasteiger partial charge in [-0.05, 0) is 38.1 Å². The first-order chi connectivity index (χ1) is 11.5. The molecule has 0 fully saturated rings. The minimum absolute atomic E-state index is 0.0897. The minimum atomic E-state index is -0.695. The molecule has 1 N–H and O–H groups in total. The number of hydrogen-bond donors (Lipinski definition) is 1. The molecule has 1 aromatic rings. The molecule has 0 saturated heterocycles. The smallest absolute Gasteiger partial charge is 0.343 e.